The molecule has 0 radical (unpaired) electrons. The summed E-state index contributed by atoms with van der Waals surface area (Å²) in [6.07, 6.45) is 3.17. The van der Waals surface area contributed by atoms with E-state index in [1.165, 1.54) is 6.33 Å². The molecule has 0 bridgehead atoms. The second-order valence-electron chi connectivity index (χ2n) is 8.40. The Morgan fingerprint density at radius 1 is 1.32 bits per heavy atom. The number of nitrogens with two attached hydrogens (primary N) is 1. The summed E-state index contributed by atoms with van der Waals surface area (Å²) in [6.45, 7) is 6.98. The molecule has 1 aromatic heterocycles. The molecule has 0 atom stereocenters. The van der Waals surface area contributed by atoms with Gasteiger partial charge in [-0.05, 0) is 33.6 Å². The maximum absolute atomic E-state index is 12.4. The summed E-state index contributed by atoms with van der Waals surface area (Å²) in [6, 6.07) is 0.129. The van der Waals surface area contributed by atoms with E-state index in [0.717, 1.165) is 18.4 Å². The van der Waals surface area contributed by atoms with E-state index in [-0.39, 0.29) is 29.9 Å². The van der Waals surface area contributed by atoms with Crippen LogP contribution in [0.15, 0.2) is 6.33 Å². The number of anilines is 2. The fourth-order valence-corrected chi connectivity index (χ4v) is 4.12. The number of carbonyl (C=O) groups is 2. The highest BCUT2D eigenvalue weighted by Crippen LogP contribution is 2.52. The molecule has 1 spiro atoms. The van der Waals surface area contributed by atoms with Gasteiger partial charge >= 0.3 is 6.09 Å². The number of rotatable bonds is 1. The number of fused-ring (bicyclic) bond motifs is 1. The van der Waals surface area contributed by atoms with Crippen molar-refractivity contribution in [3.8, 4) is 0 Å². The molecule has 8 heteroatoms. The normalized spacial score (nSPS) is 21.8. The van der Waals surface area contributed by atoms with Gasteiger partial charge in [0.25, 0.3) is 0 Å². The monoisotopic (exact) mass is 345 g/mol. The summed E-state index contributed by atoms with van der Waals surface area (Å²) in [5, 5.41) is 0. The van der Waals surface area contributed by atoms with Crippen LogP contribution in [0.4, 0.5) is 16.4 Å². The minimum atomic E-state index is -0.479. The van der Waals surface area contributed by atoms with Gasteiger partial charge in [-0.3, -0.25) is 9.69 Å². The highest BCUT2D eigenvalue weighted by molar-refractivity contribution is 6.02. The smallest absolute Gasteiger partial charge is 0.410 e. The van der Waals surface area contributed by atoms with Crippen molar-refractivity contribution in [2.24, 2.45) is 5.41 Å². The molecule has 3 aliphatic rings. The molecule has 1 saturated carbocycles. The van der Waals surface area contributed by atoms with Crippen LogP contribution in [0.2, 0.25) is 0 Å². The quantitative estimate of drug-likeness (QED) is 0.824. The Balaban J connectivity index is 1.38. The van der Waals surface area contributed by atoms with Crippen LogP contribution in [-0.2, 0) is 16.0 Å². The Labute approximate surface area is 146 Å². The van der Waals surface area contributed by atoms with Crippen LogP contribution in [0.3, 0.4) is 0 Å². The van der Waals surface area contributed by atoms with E-state index < -0.39 is 5.60 Å². The first-order valence-electron chi connectivity index (χ1n) is 8.57. The van der Waals surface area contributed by atoms with Crippen LogP contribution in [0.25, 0.3) is 0 Å². The average Bonchev–Trinajstić information content (AvgIpc) is 2.72. The lowest BCUT2D eigenvalue weighted by Crippen LogP contribution is -2.68. The van der Waals surface area contributed by atoms with Gasteiger partial charge in [-0.1, -0.05) is 0 Å². The third-order valence-electron chi connectivity index (χ3n) is 5.19. The van der Waals surface area contributed by atoms with Gasteiger partial charge in [0.2, 0.25) is 5.91 Å². The summed E-state index contributed by atoms with van der Waals surface area (Å²) in [5.41, 5.74) is 6.23. The molecule has 8 nitrogen and oxygen atoms in total. The van der Waals surface area contributed by atoms with Crippen molar-refractivity contribution in [3.05, 3.63) is 11.9 Å². The number of likely N-dealkylation sites (tertiary alicyclic amines) is 1. The lowest BCUT2D eigenvalue weighted by Gasteiger charge is -2.60. The molecule has 3 heterocycles. The van der Waals surface area contributed by atoms with Crippen LogP contribution in [-0.4, -0.2) is 51.6 Å². The van der Waals surface area contributed by atoms with Crippen molar-refractivity contribution in [1.29, 1.82) is 0 Å². The third kappa shape index (κ3) is 2.60. The molecule has 0 unspecified atom stereocenters. The van der Waals surface area contributed by atoms with Crippen molar-refractivity contribution in [1.82, 2.24) is 14.9 Å². The van der Waals surface area contributed by atoms with Crippen LogP contribution in [0.1, 0.15) is 39.2 Å². The van der Waals surface area contributed by atoms with Gasteiger partial charge in [-0.2, -0.15) is 0 Å². The summed E-state index contributed by atoms with van der Waals surface area (Å²) in [4.78, 5) is 36.2. The molecule has 2 amide bonds. The fraction of sp³-hybridized carbons (Fsp3) is 0.647. The molecule has 2 fully saturated rings. The minimum Gasteiger partial charge on any atom is -0.444 e. The molecular weight excluding hydrogens is 322 g/mol. The van der Waals surface area contributed by atoms with Gasteiger partial charge in [0.1, 0.15) is 23.6 Å². The number of aromatic nitrogens is 2. The summed E-state index contributed by atoms with van der Waals surface area (Å²) >= 11 is 0. The van der Waals surface area contributed by atoms with Crippen molar-refractivity contribution in [2.75, 3.05) is 23.7 Å². The number of nitrogens with zero attached hydrogens (tertiary/aromatic N) is 4. The largest absolute Gasteiger partial charge is 0.444 e. The lowest BCUT2D eigenvalue weighted by atomic mass is 9.60. The zero-order chi connectivity index (χ0) is 18.0. The van der Waals surface area contributed by atoms with Crippen molar-refractivity contribution in [2.45, 2.75) is 51.7 Å². The first kappa shape index (κ1) is 16.1. The Morgan fingerprint density at radius 2 is 2.00 bits per heavy atom. The molecule has 1 aliphatic carbocycles. The van der Waals surface area contributed by atoms with E-state index in [0.29, 0.717) is 24.7 Å². The number of ether oxygens (including phenoxy) is 1. The molecule has 2 aliphatic heterocycles. The predicted molar refractivity (Wildman–Crippen MR) is 90.9 cm³/mol. The second-order valence-corrected chi connectivity index (χ2v) is 8.40. The van der Waals surface area contributed by atoms with Crippen molar-refractivity contribution >= 4 is 23.6 Å². The molecule has 1 saturated heterocycles. The Hall–Kier alpha value is -2.38. The van der Waals surface area contributed by atoms with Gasteiger partial charge in [0.15, 0.2) is 0 Å². The van der Waals surface area contributed by atoms with E-state index in [4.69, 9.17) is 10.5 Å². The molecule has 2 N–H and O–H groups in total. The molecular formula is C17H23N5O3. The zero-order valence-electron chi connectivity index (χ0n) is 14.8. The highest BCUT2D eigenvalue weighted by atomic mass is 16.6. The topological polar surface area (TPSA) is 102 Å². The van der Waals surface area contributed by atoms with Crippen LogP contribution >= 0.6 is 0 Å². The van der Waals surface area contributed by atoms with E-state index in [9.17, 15) is 9.59 Å². The molecule has 4 rings (SSSR count). The maximum Gasteiger partial charge on any atom is 0.410 e. The van der Waals surface area contributed by atoms with Crippen molar-refractivity contribution < 1.29 is 14.3 Å². The highest BCUT2D eigenvalue weighted by Gasteiger charge is 2.57. The molecule has 1 aromatic rings. The molecule has 134 valence electrons. The first-order chi connectivity index (χ1) is 11.7. The SMILES string of the molecule is CC(C)(C)OC(=O)N1CC2(CC(N3C(=O)Cc4c(N)ncnc43)C2)C1. The first-order valence-corrected chi connectivity index (χ1v) is 8.57. The number of amides is 2. The van der Waals surface area contributed by atoms with E-state index in [1.807, 2.05) is 20.8 Å². The third-order valence-corrected chi connectivity index (χ3v) is 5.19. The summed E-state index contributed by atoms with van der Waals surface area (Å²) in [5.74, 6) is 1.07. The van der Waals surface area contributed by atoms with E-state index in [1.54, 1.807) is 9.80 Å². The number of carbonyl (C=O) groups excluding carboxylic acids is 2. The lowest BCUT2D eigenvalue weighted by molar-refractivity contribution is -0.121. The maximum atomic E-state index is 12.4. The average molecular weight is 345 g/mol. The Morgan fingerprint density at radius 3 is 2.64 bits per heavy atom. The molecule has 25 heavy (non-hydrogen) atoms. The van der Waals surface area contributed by atoms with Gasteiger partial charge in [0, 0.05) is 30.1 Å². The summed E-state index contributed by atoms with van der Waals surface area (Å²) < 4.78 is 5.40. The zero-order valence-corrected chi connectivity index (χ0v) is 14.8. The number of nitrogen functional groups attached to an aromatic ring is 1. The fourth-order valence-electron chi connectivity index (χ4n) is 4.12. The van der Waals surface area contributed by atoms with Crippen LogP contribution in [0, 0.1) is 5.41 Å². The Kier molecular flexibility index (Phi) is 3.26. The van der Waals surface area contributed by atoms with E-state index >= 15 is 0 Å². The van der Waals surface area contributed by atoms with Gasteiger partial charge in [-0.25, -0.2) is 14.8 Å². The van der Waals surface area contributed by atoms with Gasteiger partial charge in [-0.15, -0.1) is 0 Å². The predicted octanol–water partition coefficient (Wildman–Crippen LogP) is 1.35. The van der Waals surface area contributed by atoms with Gasteiger partial charge < -0.3 is 15.4 Å². The van der Waals surface area contributed by atoms with E-state index in [2.05, 4.69) is 9.97 Å². The van der Waals surface area contributed by atoms with Crippen molar-refractivity contribution in [3.63, 3.8) is 0 Å². The standard InChI is InChI=1S/C17H23N5O3/c1-16(2,3)25-15(24)21-7-17(8-21)5-10(6-17)22-12(23)4-11-13(18)19-9-20-14(11)22/h9-10H,4-8H2,1-3H3,(H2,18,19,20). The van der Waals surface area contributed by atoms with Crippen LogP contribution in [0.5, 0.6) is 0 Å². The Bertz CT molecular complexity index is 743. The number of hydrogen-bond acceptors (Lipinski definition) is 6. The van der Waals surface area contributed by atoms with Crippen LogP contribution < -0.4 is 10.6 Å². The minimum absolute atomic E-state index is 0.0328. The number of hydrogen-bond donors (Lipinski definition) is 1. The summed E-state index contributed by atoms with van der Waals surface area (Å²) in [7, 11) is 0. The molecule has 0 aromatic carbocycles. The second kappa shape index (κ2) is 5.06. The van der Waals surface area contributed by atoms with Gasteiger partial charge in [0.05, 0.1) is 6.42 Å².